The summed E-state index contributed by atoms with van der Waals surface area (Å²) in [6.07, 6.45) is 0. The van der Waals surface area contributed by atoms with E-state index < -0.39 is 12.1 Å². The van der Waals surface area contributed by atoms with Crippen molar-refractivity contribution in [1.29, 1.82) is 0 Å². The minimum Gasteiger partial charge on any atom is -0.352 e. The minimum absolute atomic E-state index is 0.108. The topological polar surface area (TPSA) is 75.4 Å². The molecule has 1 unspecified atom stereocenters. The molecule has 0 aromatic heterocycles. The van der Waals surface area contributed by atoms with E-state index in [0.29, 0.717) is 13.1 Å². The fourth-order valence-corrected chi connectivity index (χ4v) is 1.08. The monoisotopic (exact) mass is 187 g/mol. The van der Waals surface area contributed by atoms with Crippen molar-refractivity contribution in [1.82, 2.24) is 10.2 Å². The highest BCUT2D eigenvalue weighted by atomic mass is 16.2. The molecule has 0 aliphatic rings. The van der Waals surface area contributed by atoms with Gasteiger partial charge in [-0.25, -0.2) is 4.79 Å². The smallest absolute Gasteiger partial charge is 0.312 e. The lowest BCUT2D eigenvalue weighted by Crippen LogP contribution is -2.48. The second-order valence-corrected chi connectivity index (χ2v) is 2.74. The lowest BCUT2D eigenvalue weighted by atomic mass is 10.3. The SMILES string of the molecule is CCN(CC)C(=O)C(C)NC(N)=O. The lowest BCUT2D eigenvalue weighted by molar-refractivity contribution is -0.132. The summed E-state index contributed by atoms with van der Waals surface area (Å²) in [5, 5.41) is 2.34. The molecule has 5 nitrogen and oxygen atoms in total. The van der Waals surface area contributed by atoms with Gasteiger partial charge in [-0.05, 0) is 20.8 Å². The zero-order chi connectivity index (χ0) is 10.4. The molecular formula is C8H17N3O2. The molecular weight excluding hydrogens is 170 g/mol. The number of rotatable bonds is 4. The van der Waals surface area contributed by atoms with Crippen molar-refractivity contribution in [3.8, 4) is 0 Å². The van der Waals surface area contributed by atoms with Crippen LogP contribution in [0.2, 0.25) is 0 Å². The standard InChI is InChI=1S/C8H17N3O2/c1-4-11(5-2)7(12)6(3)10-8(9)13/h6H,4-5H2,1-3H3,(H3,9,10,13). The molecule has 1 atom stereocenters. The van der Waals surface area contributed by atoms with Crippen LogP contribution in [0.1, 0.15) is 20.8 Å². The molecule has 0 saturated heterocycles. The Morgan fingerprint density at radius 3 is 2.15 bits per heavy atom. The summed E-state index contributed by atoms with van der Waals surface area (Å²) in [4.78, 5) is 23.6. The van der Waals surface area contributed by atoms with Crippen molar-refractivity contribution in [2.24, 2.45) is 5.73 Å². The normalized spacial score (nSPS) is 11.9. The quantitative estimate of drug-likeness (QED) is 0.645. The van der Waals surface area contributed by atoms with Gasteiger partial charge in [0.2, 0.25) is 5.91 Å². The number of carbonyl (C=O) groups excluding carboxylic acids is 2. The van der Waals surface area contributed by atoms with E-state index in [1.165, 1.54) is 0 Å². The summed E-state index contributed by atoms with van der Waals surface area (Å²) in [6, 6.07) is -1.22. The van der Waals surface area contributed by atoms with E-state index in [2.05, 4.69) is 5.32 Å². The number of urea groups is 1. The van der Waals surface area contributed by atoms with Crippen LogP contribution in [0.25, 0.3) is 0 Å². The Morgan fingerprint density at radius 1 is 1.38 bits per heavy atom. The third kappa shape index (κ3) is 3.78. The first-order valence-electron chi connectivity index (χ1n) is 4.37. The molecule has 3 amide bonds. The highest BCUT2D eigenvalue weighted by Crippen LogP contribution is 1.93. The van der Waals surface area contributed by atoms with Crippen molar-refractivity contribution in [2.45, 2.75) is 26.8 Å². The predicted molar refractivity (Wildman–Crippen MR) is 50.1 cm³/mol. The summed E-state index contributed by atoms with van der Waals surface area (Å²) in [5.41, 5.74) is 4.89. The molecule has 0 bridgehead atoms. The maximum atomic E-state index is 11.5. The molecule has 0 radical (unpaired) electrons. The molecule has 0 rings (SSSR count). The van der Waals surface area contributed by atoms with Crippen LogP contribution in [0.5, 0.6) is 0 Å². The van der Waals surface area contributed by atoms with Gasteiger partial charge in [0.1, 0.15) is 6.04 Å². The van der Waals surface area contributed by atoms with Crippen molar-refractivity contribution >= 4 is 11.9 Å². The van der Waals surface area contributed by atoms with E-state index in [-0.39, 0.29) is 5.91 Å². The molecule has 3 N–H and O–H groups in total. The minimum atomic E-state index is -0.673. The van der Waals surface area contributed by atoms with E-state index in [9.17, 15) is 9.59 Å². The Morgan fingerprint density at radius 2 is 1.85 bits per heavy atom. The van der Waals surface area contributed by atoms with Crippen LogP contribution in [0.3, 0.4) is 0 Å². The van der Waals surface area contributed by atoms with Gasteiger partial charge in [-0.1, -0.05) is 0 Å². The Balaban J connectivity index is 4.14. The van der Waals surface area contributed by atoms with Gasteiger partial charge in [0.25, 0.3) is 0 Å². The molecule has 0 spiro atoms. The zero-order valence-electron chi connectivity index (χ0n) is 8.33. The number of amides is 3. The first-order chi connectivity index (χ1) is 6.02. The molecule has 0 aliphatic heterocycles. The van der Waals surface area contributed by atoms with Gasteiger partial charge >= 0.3 is 6.03 Å². The summed E-state index contributed by atoms with van der Waals surface area (Å²) in [5.74, 6) is -0.108. The third-order valence-corrected chi connectivity index (χ3v) is 1.80. The van der Waals surface area contributed by atoms with Gasteiger partial charge in [0.05, 0.1) is 0 Å². The lowest BCUT2D eigenvalue weighted by Gasteiger charge is -2.22. The fraction of sp³-hybridized carbons (Fsp3) is 0.750. The van der Waals surface area contributed by atoms with Crippen LogP contribution in [0.4, 0.5) is 4.79 Å². The molecule has 0 heterocycles. The van der Waals surface area contributed by atoms with Crippen LogP contribution in [-0.2, 0) is 4.79 Å². The van der Waals surface area contributed by atoms with Crippen molar-refractivity contribution < 1.29 is 9.59 Å². The summed E-state index contributed by atoms with van der Waals surface area (Å²) < 4.78 is 0. The van der Waals surface area contributed by atoms with Crippen molar-refractivity contribution in [3.63, 3.8) is 0 Å². The van der Waals surface area contributed by atoms with Crippen LogP contribution in [-0.4, -0.2) is 36.0 Å². The average Bonchev–Trinajstić information content (AvgIpc) is 2.05. The second kappa shape index (κ2) is 5.40. The highest BCUT2D eigenvalue weighted by molar-refractivity contribution is 5.86. The number of nitrogens with one attached hydrogen (secondary N) is 1. The number of carbonyl (C=O) groups is 2. The number of hydrogen-bond donors (Lipinski definition) is 2. The molecule has 0 fully saturated rings. The van der Waals surface area contributed by atoms with E-state index >= 15 is 0 Å². The largest absolute Gasteiger partial charge is 0.352 e. The van der Waals surface area contributed by atoms with E-state index in [1.54, 1.807) is 11.8 Å². The van der Waals surface area contributed by atoms with E-state index in [0.717, 1.165) is 0 Å². The molecule has 0 saturated carbocycles. The molecule has 76 valence electrons. The Bertz CT molecular complexity index is 190. The van der Waals surface area contributed by atoms with Gasteiger partial charge in [-0.2, -0.15) is 0 Å². The van der Waals surface area contributed by atoms with Gasteiger partial charge in [-0.3, -0.25) is 4.79 Å². The number of hydrogen-bond acceptors (Lipinski definition) is 2. The Kier molecular flexibility index (Phi) is 4.87. The number of likely N-dealkylation sites (N-methyl/N-ethyl adjacent to an activating group) is 1. The number of primary amides is 1. The van der Waals surface area contributed by atoms with E-state index in [1.807, 2.05) is 13.8 Å². The van der Waals surface area contributed by atoms with Gasteiger partial charge < -0.3 is 16.0 Å². The van der Waals surface area contributed by atoms with Crippen LogP contribution in [0.15, 0.2) is 0 Å². The molecule has 13 heavy (non-hydrogen) atoms. The van der Waals surface area contributed by atoms with Crippen molar-refractivity contribution in [3.05, 3.63) is 0 Å². The third-order valence-electron chi connectivity index (χ3n) is 1.80. The first-order valence-corrected chi connectivity index (χ1v) is 4.37. The van der Waals surface area contributed by atoms with E-state index in [4.69, 9.17) is 5.73 Å². The maximum absolute atomic E-state index is 11.5. The first kappa shape index (κ1) is 11.7. The molecule has 0 aliphatic carbocycles. The molecule has 0 aromatic rings. The van der Waals surface area contributed by atoms with Crippen LogP contribution < -0.4 is 11.1 Å². The Hall–Kier alpha value is -1.26. The zero-order valence-corrected chi connectivity index (χ0v) is 8.33. The Labute approximate surface area is 78.3 Å². The average molecular weight is 187 g/mol. The molecule has 5 heteroatoms. The maximum Gasteiger partial charge on any atom is 0.312 e. The fourth-order valence-electron chi connectivity index (χ4n) is 1.08. The van der Waals surface area contributed by atoms with Gasteiger partial charge in [0.15, 0.2) is 0 Å². The number of nitrogens with two attached hydrogens (primary N) is 1. The van der Waals surface area contributed by atoms with Crippen LogP contribution >= 0.6 is 0 Å². The highest BCUT2D eigenvalue weighted by Gasteiger charge is 2.18. The molecule has 0 aromatic carbocycles. The summed E-state index contributed by atoms with van der Waals surface area (Å²) >= 11 is 0. The predicted octanol–water partition coefficient (Wildman–Crippen LogP) is -0.0884. The summed E-state index contributed by atoms with van der Waals surface area (Å²) in [7, 11) is 0. The van der Waals surface area contributed by atoms with Crippen LogP contribution in [0, 0.1) is 0 Å². The number of nitrogens with zero attached hydrogens (tertiary/aromatic N) is 1. The van der Waals surface area contributed by atoms with Crippen molar-refractivity contribution in [2.75, 3.05) is 13.1 Å². The van der Waals surface area contributed by atoms with Gasteiger partial charge in [0, 0.05) is 13.1 Å². The second-order valence-electron chi connectivity index (χ2n) is 2.74. The van der Waals surface area contributed by atoms with Gasteiger partial charge in [-0.15, -0.1) is 0 Å². The summed E-state index contributed by atoms with van der Waals surface area (Å²) in [6.45, 7) is 6.67.